The minimum atomic E-state index is 0.0675. The molecule has 6 heteroatoms. The Morgan fingerprint density at radius 2 is 2.09 bits per heavy atom. The van der Waals surface area contributed by atoms with Crippen LogP contribution in [0.3, 0.4) is 0 Å². The van der Waals surface area contributed by atoms with E-state index in [9.17, 15) is 4.79 Å². The molecule has 2 aliphatic carbocycles. The molecule has 0 radical (unpaired) electrons. The van der Waals surface area contributed by atoms with Gasteiger partial charge in [-0.25, -0.2) is 0 Å². The highest BCUT2D eigenvalue weighted by atomic mass is 16.5. The Balaban J connectivity index is 1.57. The molecule has 2 saturated carbocycles. The molecule has 1 amide bonds. The minimum absolute atomic E-state index is 0.0675. The van der Waals surface area contributed by atoms with Gasteiger partial charge in [-0.1, -0.05) is 0 Å². The molecule has 23 heavy (non-hydrogen) atoms. The first-order valence-electron chi connectivity index (χ1n) is 8.44. The molecule has 0 aromatic carbocycles. The maximum atomic E-state index is 11.3. The summed E-state index contributed by atoms with van der Waals surface area (Å²) in [6, 6.07) is 0. The summed E-state index contributed by atoms with van der Waals surface area (Å²) in [5.74, 6) is 3.02. The molecule has 1 aromatic heterocycles. The van der Waals surface area contributed by atoms with Crippen LogP contribution in [0.5, 0.6) is 5.88 Å². The van der Waals surface area contributed by atoms with Gasteiger partial charge >= 0.3 is 0 Å². The fraction of sp³-hybridized carbons (Fsp3) is 0.706. The summed E-state index contributed by atoms with van der Waals surface area (Å²) in [6.07, 6.45) is 8.88. The van der Waals surface area contributed by atoms with E-state index in [1.54, 1.807) is 31.3 Å². The lowest BCUT2D eigenvalue weighted by molar-refractivity contribution is -0.127. The van der Waals surface area contributed by atoms with Gasteiger partial charge in [0.1, 0.15) is 6.10 Å². The summed E-state index contributed by atoms with van der Waals surface area (Å²) in [5, 5.41) is 0. The highest BCUT2D eigenvalue weighted by Gasteiger charge is 2.41. The van der Waals surface area contributed by atoms with E-state index in [2.05, 4.69) is 9.97 Å². The molecule has 6 nitrogen and oxygen atoms in total. The molecule has 1 aromatic rings. The lowest BCUT2D eigenvalue weighted by Gasteiger charge is -2.24. The van der Waals surface area contributed by atoms with E-state index in [1.165, 1.54) is 19.3 Å². The van der Waals surface area contributed by atoms with Gasteiger partial charge in [-0.05, 0) is 37.5 Å². The van der Waals surface area contributed by atoms with Crippen LogP contribution in [0.25, 0.3) is 0 Å². The number of nitrogens with zero attached hydrogens (tertiary/aromatic N) is 4. The standard InChI is InChI=1S/C17H26N4O2/c1-12(22)20(2)6-7-21(3)16-10-18-11-17(19-16)23-15-9-13-4-5-14(15)8-13/h10-11,13-15H,4-9H2,1-3H3. The van der Waals surface area contributed by atoms with Gasteiger partial charge in [0, 0.05) is 34.1 Å². The largest absolute Gasteiger partial charge is 0.473 e. The van der Waals surface area contributed by atoms with Crippen LogP contribution in [0.2, 0.25) is 0 Å². The van der Waals surface area contributed by atoms with Gasteiger partial charge in [0.05, 0.1) is 12.4 Å². The average molecular weight is 318 g/mol. The van der Waals surface area contributed by atoms with E-state index in [-0.39, 0.29) is 5.91 Å². The molecule has 2 aliphatic rings. The average Bonchev–Trinajstić information content (AvgIpc) is 3.15. The number of hydrogen-bond acceptors (Lipinski definition) is 5. The number of hydrogen-bond donors (Lipinski definition) is 0. The third-order valence-electron chi connectivity index (χ3n) is 5.24. The smallest absolute Gasteiger partial charge is 0.234 e. The van der Waals surface area contributed by atoms with Crippen LogP contribution in [0.4, 0.5) is 5.82 Å². The van der Waals surface area contributed by atoms with E-state index in [0.29, 0.717) is 31.0 Å². The predicted octanol–water partition coefficient (Wildman–Crippen LogP) is 1.96. The third-order valence-corrected chi connectivity index (χ3v) is 5.24. The van der Waals surface area contributed by atoms with Crippen molar-refractivity contribution in [2.45, 2.75) is 38.7 Å². The predicted molar refractivity (Wildman–Crippen MR) is 88.5 cm³/mol. The Bertz CT molecular complexity index is 565. The molecule has 0 aliphatic heterocycles. The van der Waals surface area contributed by atoms with Crippen LogP contribution < -0.4 is 9.64 Å². The summed E-state index contributed by atoms with van der Waals surface area (Å²) in [5.41, 5.74) is 0. The second kappa shape index (κ2) is 6.72. The van der Waals surface area contributed by atoms with Crippen LogP contribution in [0.1, 0.15) is 32.6 Å². The Morgan fingerprint density at radius 3 is 2.74 bits per heavy atom. The molecule has 0 N–H and O–H groups in total. The van der Waals surface area contributed by atoms with E-state index in [1.807, 2.05) is 11.9 Å². The number of aromatic nitrogens is 2. The summed E-state index contributed by atoms with van der Waals surface area (Å²) in [6.45, 7) is 2.94. The van der Waals surface area contributed by atoms with Gasteiger partial charge in [0.15, 0.2) is 5.82 Å². The molecular formula is C17H26N4O2. The van der Waals surface area contributed by atoms with Crippen molar-refractivity contribution in [3.63, 3.8) is 0 Å². The summed E-state index contributed by atoms with van der Waals surface area (Å²) in [4.78, 5) is 23.8. The molecule has 3 rings (SSSR count). The molecule has 0 saturated heterocycles. The molecule has 3 unspecified atom stereocenters. The minimum Gasteiger partial charge on any atom is -0.473 e. The quantitative estimate of drug-likeness (QED) is 0.802. The van der Waals surface area contributed by atoms with Crippen LogP contribution in [0.15, 0.2) is 12.4 Å². The highest BCUT2D eigenvalue weighted by molar-refractivity contribution is 5.72. The van der Waals surface area contributed by atoms with E-state index >= 15 is 0 Å². The first-order valence-corrected chi connectivity index (χ1v) is 8.44. The van der Waals surface area contributed by atoms with E-state index in [4.69, 9.17) is 4.74 Å². The van der Waals surface area contributed by atoms with Crippen molar-refractivity contribution in [2.75, 3.05) is 32.1 Å². The van der Waals surface area contributed by atoms with Gasteiger partial charge in [-0.2, -0.15) is 4.98 Å². The molecule has 2 bridgehead atoms. The van der Waals surface area contributed by atoms with Crippen molar-refractivity contribution in [3.8, 4) is 5.88 Å². The Morgan fingerprint density at radius 1 is 1.26 bits per heavy atom. The van der Waals surface area contributed by atoms with Gasteiger partial charge in [0.25, 0.3) is 0 Å². The van der Waals surface area contributed by atoms with Crippen molar-refractivity contribution in [1.82, 2.24) is 14.9 Å². The Hall–Kier alpha value is -1.85. The zero-order valence-electron chi connectivity index (χ0n) is 14.2. The van der Waals surface area contributed by atoms with Crippen LogP contribution >= 0.6 is 0 Å². The van der Waals surface area contributed by atoms with Gasteiger partial charge in [-0.3, -0.25) is 9.78 Å². The number of carbonyl (C=O) groups excluding carboxylic acids is 1. The number of anilines is 1. The summed E-state index contributed by atoms with van der Waals surface area (Å²) < 4.78 is 6.10. The second-order valence-electron chi connectivity index (χ2n) is 6.91. The van der Waals surface area contributed by atoms with Crippen molar-refractivity contribution in [2.24, 2.45) is 11.8 Å². The summed E-state index contributed by atoms with van der Waals surface area (Å²) >= 11 is 0. The highest BCUT2D eigenvalue weighted by Crippen LogP contribution is 2.45. The molecule has 3 atom stereocenters. The normalized spacial score (nSPS) is 25.4. The fourth-order valence-corrected chi connectivity index (χ4v) is 3.64. The van der Waals surface area contributed by atoms with Crippen molar-refractivity contribution >= 4 is 11.7 Å². The fourth-order valence-electron chi connectivity index (χ4n) is 3.64. The van der Waals surface area contributed by atoms with Crippen LogP contribution in [-0.4, -0.2) is 54.1 Å². The Kier molecular flexibility index (Phi) is 4.68. The first kappa shape index (κ1) is 16.0. The van der Waals surface area contributed by atoms with E-state index < -0.39 is 0 Å². The Labute approximate surface area is 137 Å². The maximum Gasteiger partial charge on any atom is 0.234 e. The number of ether oxygens (including phenoxy) is 1. The SMILES string of the molecule is CC(=O)N(C)CCN(C)c1cncc(OC2CC3CCC2C3)n1. The van der Waals surface area contributed by atoms with Crippen LogP contribution in [0, 0.1) is 11.8 Å². The monoisotopic (exact) mass is 318 g/mol. The number of likely N-dealkylation sites (N-methyl/N-ethyl adjacent to an activating group) is 2. The van der Waals surface area contributed by atoms with Gasteiger partial charge < -0.3 is 14.5 Å². The lowest BCUT2D eigenvalue weighted by Crippen LogP contribution is -2.33. The number of amides is 1. The molecule has 2 fully saturated rings. The number of fused-ring (bicyclic) bond motifs is 2. The second-order valence-corrected chi connectivity index (χ2v) is 6.91. The van der Waals surface area contributed by atoms with Crippen molar-refractivity contribution in [3.05, 3.63) is 12.4 Å². The molecule has 126 valence electrons. The van der Waals surface area contributed by atoms with Crippen LogP contribution in [-0.2, 0) is 4.79 Å². The topological polar surface area (TPSA) is 58.6 Å². The molecular weight excluding hydrogens is 292 g/mol. The molecule has 1 heterocycles. The third kappa shape index (κ3) is 3.74. The van der Waals surface area contributed by atoms with Crippen molar-refractivity contribution < 1.29 is 9.53 Å². The number of rotatable bonds is 6. The lowest BCUT2D eigenvalue weighted by atomic mass is 9.98. The summed E-state index contributed by atoms with van der Waals surface area (Å²) in [7, 11) is 3.76. The van der Waals surface area contributed by atoms with Gasteiger partial charge in [-0.15, -0.1) is 0 Å². The van der Waals surface area contributed by atoms with Crippen molar-refractivity contribution in [1.29, 1.82) is 0 Å². The zero-order valence-corrected chi connectivity index (χ0v) is 14.2. The zero-order chi connectivity index (χ0) is 16.4. The van der Waals surface area contributed by atoms with Gasteiger partial charge in [0.2, 0.25) is 11.8 Å². The maximum absolute atomic E-state index is 11.3. The van der Waals surface area contributed by atoms with E-state index in [0.717, 1.165) is 18.2 Å². The first-order chi connectivity index (χ1) is 11.0. The molecule has 0 spiro atoms. The number of carbonyl (C=O) groups is 1.